The second-order valence-electron chi connectivity index (χ2n) is 6.15. The van der Waals surface area contributed by atoms with Gasteiger partial charge < -0.3 is 14.2 Å². The van der Waals surface area contributed by atoms with E-state index in [9.17, 15) is 22.4 Å². The smallest absolute Gasteiger partial charge is 0.428 e. The van der Waals surface area contributed by atoms with E-state index < -0.39 is 35.2 Å². The van der Waals surface area contributed by atoms with Crippen LogP contribution in [0, 0.1) is 18.7 Å². The lowest BCUT2D eigenvalue weighted by molar-refractivity contribution is -0.262. The number of hydrogen-bond acceptors (Lipinski definition) is 4. The summed E-state index contributed by atoms with van der Waals surface area (Å²) in [6.45, 7) is 5.10. The van der Waals surface area contributed by atoms with Crippen LogP contribution in [0.1, 0.15) is 31.9 Å². The molecule has 0 aromatic heterocycles. The third-order valence-corrected chi connectivity index (χ3v) is 4.68. The van der Waals surface area contributed by atoms with Crippen LogP contribution < -0.4 is 4.74 Å². The number of alkyl halides is 3. The van der Waals surface area contributed by atoms with Crippen LogP contribution in [0.3, 0.4) is 0 Å². The van der Waals surface area contributed by atoms with Gasteiger partial charge in [0.25, 0.3) is 0 Å². The Hall–Kier alpha value is -2.25. The molecule has 2 atom stereocenters. The predicted molar refractivity (Wildman–Crippen MR) is 86.0 cm³/mol. The molecule has 0 saturated heterocycles. The molecule has 26 heavy (non-hydrogen) atoms. The Morgan fingerprint density at radius 1 is 1.35 bits per heavy atom. The fraction of sp³-hybridized carbons (Fsp3) is 0.500. The number of ether oxygens (including phenoxy) is 3. The largest absolute Gasteiger partial charge is 0.496 e. The van der Waals surface area contributed by atoms with E-state index in [-0.39, 0.29) is 29.1 Å². The summed E-state index contributed by atoms with van der Waals surface area (Å²) in [6, 6.07) is 2.39. The van der Waals surface area contributed by atoms with Crippen molar-refractivity contribution in [1.29, 1.82) is 0 Å². The summed E-state index contributed by atoms with van der Waals surface area (Å²) in [6.07, 6.45) is -4.74. The second kappa shape index (κ2) is 6.81. The molecule has 0 bridgehead atoms. The van der Waals surface area contributed by atoms with Crippen molar-refractivity contribution in [2.75, 3.05) is 13.7 Å². The predicted octanol–water partition coefficient (Wildman–Crippen LogP) is 4.40. The van der Waals surface area contributed by atoms with Gasteiger partial charge in [-0.15, -0.1) is 0 Å². The van der Waals surface area contributed by atoms with Crippen molar-refractivity contribution in [3.8, 4) is 5.75 Å². The molecule has 8 heteroatoms. The zero-order valence-corrected chi connectivity index (χ0v) is 15.1. The van der Waals surface area contributed by atoms with Crippen molar-refractivity contribution in [2.45, 2.75) is 39.5 Å². The van der Waals surface area contributed by atoms with Crippen LogP contribution in [0.15, 0.2) is 17.9 Å². The Morgan fingerprint density at radius 3 is 2.46 bits per heavy atom. The van der Waals surface area contributed by atoms with Crippen LogP contribution in [0.2, 0.25) is 0 Å². The fourth-order valence-corrected chi connectivity index (χ4v) is 2.98. The number of halogens is 4. The molecule has 0 amide bonds. The van der Waals surface area contributed by atoms with E-state index in [4.69, 9.17) is 14.2 Å². The summed E-state index contributed by atoms with van der Waals surface area (Å²) in [5.74, 6) is -3.33. The van der Waals surface area contributed by atoms with E-state index >= 15 is 0 Å². The first kappa shape index (κ1) is 20.1. The lowest BCUT2D eigenvalue weighted by atomic mass is 9.82. The maximum Gasteiger partial charge on any atom is 0.428 e. The van der Waals surface area contributed by atoms with Crippen molar-refractivity contribution in [3.63, 3.8) is 0 Å². The first-order chi connectivity index (χ1) is 12.0. The molecule has 1 unspecified atom stereocenters. The van der Waals surface area contributed by atoms with E-state index in [1.54, 1.807) is 0 Å². The van der Waals surface area contributed by atoms with Gasteiger partial charge in [0.15, 0.2) is 0 Å². The zero-order chi connectivity index (χ0) is 19.9. The quantitative estimate of drug-likeness (QED) is 0.577. The van der Waals surface area contributed by atoms with Gasteiger partial charge in [-0.25, -0.2) is 9.18 Å². The van der Waals surface area contributed by atoms with Gasteiger partial charge >= 0.3 is 12.1 Å². The molecule has 0 aliphatic carbocycles. The van der Waals surface area contributed by atoms with Crippen molar-refractivity contribution < 1.29 is 36.6 Å². The number of hydrogen-bond donors (Lipinski definition) is 0. The third kappa shape index (κ3) is 3.01. The number of carbonyl (C=O) groups is 1. The summed E-state index contributed by atoms with van der Waals surface area (Å²) in [4.78, 5) is 12.3. The Morgan fingerprint density at radius 2 is 1.96 bits per heavy atom. The molecule has 2 rings (SSSR count). The molecule has 4 nitrogen and oxygen atoms in total. The summed E-state index contributed by atoms with van der Waals surface area (Å²) < 4.78 is 69.9. The fourth-order valence-electron chi connectivity index (χ4n) is 2.98. The number of benzene rings is 1. The van der Waals surface area contributed by atoms with Crippen molar-refractivity contribution >= 4 is 11.5 Å². The van der Waals surface area contributed by atoms with Crippen LogP contribution in [0.4, 0.5) is 17.6 Å². The molecule has 0 N–H and O–H groups in total. The van der Waals surface area contributed by atoms with Gasteiger partial charge in [0.2, 0.25) is 11.4 Å². The normalized spacial score (nSPS) is 23.0. The first-order valence-corrected chi connectivity index (χ1v) is 8.00. The van der Waals surface area contributed by atoms with E-state index in [0.717, 1.165) is 13.0 Å². The summed E-state index contributed by atoms with van der Waals surface area (Å²) in [7, 11) is 1.28. The number of carbonyl (C=O) groups excluding carboxylic acids is 1. The molecule has 0 radical (unpaired) electrons. The number of esters is 1. The minimum Gasteiger partial charge on any atom is -0.496 e. The average molecular weight is 376 g/mol. The van der Waals surface area contributed by atoms with E-state index in [0.29, 0.717) is 0 Å². The minimum absolute atomic E-state index is 0.0248. The number of methoxy groups -OCH3 is 1. The zero-order valence-electron chi connectivity index (χ0n) is 15.1. The Labute approximate surface area is 148 Å². The highest BCUT2D eigenvalue weighted by Gasteiger charge is 2.63. The first-order valence-electron chi connectivity index (χ1n) is 8.00. The van der Waals surface area contributed by atoms with Gasteiger partial charge in [-0.05, 0) is 32.9 Å². The Bertz CT molecular complexity index is 754. The Kier molecular flexibility index (Phi) is 5.26. The number of rotatable bonds is 4. The van der Waals surface area contributed by atoms with Gasteiger partial charge in [-0.1, -0.05) is 6.92 Å². The SMILES string of the molecule is CCOC(=O)C1=C(c2ccc(F)c(C)c2OC)[C@@H](C)C(C)(C(F)(F)F)O1. The van der Waals surface area contributed by atoms with Crippen LogP contribution >= 0.6 is 0 Å². The highest BCUT2D eigenvalue weighted by Crippen LogP contribution is 2.53. The highest BCUT2D eigenvalue weighted by atomic mass is 19.4. The lowest BCUT2D eigenvalue weighted by Crippen LogP contribution is -2.47. The van der Waals surface area contributed by atoms with Gasteiger partial charge in [-0.3, -0.25) is 0 Å². The van der Waals surface area contributed by atoms with Crippen LogP contribution in [-0.4, -0.2) is 31.5 Å². The van der Waals surface area contributed by atoms with Gasteiger partial charge in [-0.2, -0.15) is 13.2 Å². The molecule has 0 spiro atoms. The van der Waals surface area contributed by atoms with Gasteiger partial charge in [0, 0.05) is 22.6 Å². The summed E-state index contributed by atoms with van der Waals surface area (Å²) in [5.41, 5.74) is -2.37. The third-order valence-electron chi connectivity index (χ3n) is 4.68. The molecular formula is C18H20F4O4. The van der Waals surface area contributed by atoms with E-state index in [1.807, 2.05) is 0 Å². The molecule has 0 saturated carbocycles. The summed E-state index contributed by atoms with van der Waals surface area (Å²) >= 11 is 0. The van der Waals surface area contributed by atoms with Crippen molar-refractivity contribution in [2.24, 2.45) is 5.92 Å². The molecule has 144 valence electrons. The lowest BCUT2D eigenvalue weighted by Gasteiger charge is -2.32. The topological polar surface area (TPSA) is 44.8 Å². The van der Waals surface area contributed by atoms with E-state index in [1.165, 1.54) is 33.9 Å². The van der Waals surface area contributed by atoms with Crippen LogP contribution in [0.5, 0.6) is 5.75 Å². The second-order valence-corrected chi connectivity index (χ2v) is 6.15. The monoisotopic (exact) mass is 376 g/mol. The molecule has 0 fully saturated rings. The molecule has 1 heterocycles. The molecule has 1 aliphatic heterocycles. The maximum atomic E-state index is 13.8. The maximum absolute atomic E-state index is 13.8. The average Bonchev–Trinajstić information content (AvgIpc) is 2.83. The highest BCUT2D eigenvalue weighted by molar-refractivity contribution is 5.98. The molecule has 1 aromatic rings. The molecule has 1 aliphatic rings. The Balaban J connectivity index is 2.73. The van der Waals surface area contributed by atoms with Gasteiger partial charge in [0.1, 0.15) is 11.6 Å². The van der Waals surface area contributed by atoms with Crippen molar-refractivity contribution in [3.05, 3.63) is 34.8 Å². The van der Waals surface area contributed by atoms with Crippen LogP contribution in [0.25, 0.3) is 5.57 Å². The standard InChI is InChI=1S/C18H20F4O4/c1-6-25-16(23)15-13(10(3)17(4,26-15)18(20,21)22)11-7-8-12(19)9(2)14(11)24-5/h7-8,10H,6H2,1-5H3/t10-,17?/m1/s1. The minimum atomic E-state index is -4.74. The van der Waals surface area contributed by atoms with Crippen molar-refractivity contribution in [1.82, 2.24) is 0 Å². The van der Waals surface area contributed by atoms with Gasteiger partial charge in [0.05, 0.1) is 13.7 Å². The summed E-state index contributed by atoms with van der Waals surface area (Å²) in [5, 5.41) is 0. The molecule has 1 aromatic carbocycles. The molecular weight excluding hydrogens is 356 g/mol. The van der Waals surface area contributed by atoms with E-state index in [2.05, 4.69) is 0 Å². The van der Waals surface area contributed by atoms with Crippen LogP contribution in [-0.2, 0) is 14.3 Å².